The molecule has 2 aliphatic heterocycles. The predicted molar refractivity (Wildman–Crippen MR) is 71.3 cm³/mol. The van der Waals surface area contributed by atoms with Crippen LogP contribution in [0.15, 0.2) is 0 Å². The van der Waals surface area contributed by atoms with Gasteiger partial charge in [-0.05, 0) is 39.0 Å². The first-order valence-corrected chi connectivity index (χ1v) is 7.20. The van der Waals surface area contributed by atoms with Gasteiger partial charge in [0.15, 0.2) is 0 Å². The highest BCUT2D eigenvalue weighted by Gasteiger charge is 2.36. The van der Waals surface area contributed by atoms with Crippen molar-refractivity contribution < 1.29 is 4.74 Å². The molecule has 3 nitrogen and oxygen atoms in total. The van der Waals surface area contributed by atoms with E-state index in [9.17, 15) is 0 Å². The Balaban J connectivity index is 1.94. The van der Waals surface area contributed by atoms with Gasteiger partial charge in [-0.25, -0.2) is 0 Å². The highest BCUT2D eigenvalue weighted by molar-refractivity contribution is 4.94. The van der Waals surface area contributed by atoms with Crippen molar-refractivity contribution in [3.8, 4) is 0 Å². The first-order valence-electron chi connectivity index (χ1n) is 7.20. The Morgan fingerprint density at radius 2 is 2.06 bits per heavy atom. The molecule has 2 heterocycles. The highest BCUT2D eigenvalue weighted by Crippen LogP contribution is 2.26. The van der Waals surface area contributed by atoms with Crippen LogP contribution in [0.1, 0.15) is 40.0 Å². The van der Waals surface area contributed by atoms with E-state index < -0.39 is 0 Å². The molecule has 100 valence electrons. The van der Waals surface area contributed by atoms with Crippen molar-refractivity contribution in [3.63, 3.8) is 0 Å². The van der Waals surface area contributed by atoms with Crippen LogP contribution in [0.4, 0.5) is 0 Å². The first kappa shape index (κ1) is 13.3. The van der Waals surface area contributed by atoms with Crippen molar-refractivity contribution in [1.29, 1.82) is 0 Å². The van der Waals surface area contributed by atoms with E-state index in [4.69, 9.17) is 4.74 Å². The monoisotopic (exact) mass is 240 g/mol. The van der Waals surface area contributed by atoms with E-state index >= 15 is 0 Å². The second-order valence-electron chi connectivity index (χ2n) is 6.09. The first-order chi connectivity index (χ1) is 8.14. The fraction of sp³-hybridized carbons (Fsp3) is 1.00. The Labute approximate surface area is 106 Å². The molecular formula is C14H28N2O. The fourth-order valence-electron chi connectivity index (χ4n) is 3.01. The molecule has 0 saturated carbocycles. The minimum absolute atomic E-state index is 0.352. The van der Waals surface area contributed by atoms with Crippen LogP contribution in [-0.4, -0.2) is 49.3 Å². The Kier molecular flexibility index (Phi) is 4.45. The summed E-state index contributed by atoms with van der Waals surface area (Å²) < 4.78 is 5.46. The number of hydrogen-bond acceptors (Lipinski definition) is 3. The van der Waals surface area contributed by atoms with Gasteiger partial charge in [0.2, 0.25) is 0 Å². The van der Waals surface area contributed by atoms with Gasteiger partial charge in [0.25, 0.3) is 0 Å². The molecule has 0 aromatic rings. The predicted octanol–water partition coefficient (Wildman–Crippen LogP) is 1.88. The number of hydrogen-bond donors (Lipinski definition) is 1. The van der Waals surface area contributed by atoms with Gasteiger partial charge >= 0.3 is 0 Å². The lowest BCUT2D eigenvalue weighted by Gasteiger charge is -2.48. The quantitative estimate of drug-likeness (QED) is 0.815. The van der Waals surface area contributed by atoms with Crippen LogP contribution >= 0.6 is 0 Å². The zero-order chi connectivity index (χ0) is 12.3. The summed E-state index contributed by atoms with van der Waals surface area (Å²) >= 11 is 0. The maximum atomic E-state index is 5.46. The molecule has 0 aromatic carbocycles. The summed E-state index contributed by atoms with van der Waals surface area (Å²) in [6.45, 7) is 12.5. The fourth-order valence-corrected chi connectivity index (χ4v) is 3.01. The zero-order valence-corrected chi connectivity index (χ0v) is 11.7. The lowest BCUT2D eigenvalue weighted by atomic mass is 9.89. The van der Waals surface area contributed by atoms with Crippen molar-refractivity contribution in [3.05, 3.63) is 0 Å². The molecule has 17 heavy (non-hydrogen) atoms. The molecule has 0 aromatic heterocycles. The van der Waals surface area contributed by atoms with Gasteiger partial charge in [0.05, 0.1) is 0 Å². The lowest BCUT2D eigenvalue weighted by Crippen LogP contribution is -2.63. The number of rotatable bonds is 3. The summed E-state index contributed by atoms with van der Waals surface area (Å²) in [6.07, 6.45) is 3.73. The molecule has 0 spiro atoms. The summed E-state index contributed by atoms with van der Waals surface area (Å²) in [6, 6.07) is 0.634. The molecule has 2 fully saturated rings. The van der Waals surface area contributed by atoms with Gasteiger partial charge in [-0.3, -0.25) is 4.90 Å². The Morgan fingerprint density at radius 1 is 1.35 bits per heavy atom. The number of nitrogens with zero attached hydrogens (tertiary/aromatic N) is 1. The highest BCUT2D eigenvalue weighted by atomic mass is 16.5. The van der Waals surface area contributed by atoms with E-state index in [1.165, 1.54) is 32.4 Å². The van der Waals surface area contributed by atoms with Crippen LogP contribution in [-0.2, 0) is 4.74 Å². The molecule has 0 amide bonds. The van der Waals surface area contributed by atoms with Crippen molar-refractivity contribution in [2.75, 3.05) is 32.8 Å². The minimum atomic E-state index is 0.352. The molecular weight excluding hydrogens is 212 g/mol. The van der Waals surface area contributed by atoms with Gasteiger partial charge in [-0.2, -0.15) is 0 Å². The zero-order valence-electron chi connectivity index (χ0n) is 11.7. The lowest BCUT2D eigenvalue weighted by molar-refractivity contribution is 0.00558. The molecule has 2 unspecified atom stereocenters. The molecule has 1 N–H and O–H groups in total. The summed E-state index contributed by atoms with van der Waals surface area (Å²) in [5, 5.41) is 3.62. The Morgan fingerprint density at radius 3 is 2.71 bits per heavy atom. The maximum Gasteiger partial charge on any atom is 0.0469 e. The Bertz CT molecular complexity index is 240. The summed E-state index contributed by atoms with van der Waals surface area (Å²) in [7, 11) is 0. The molecule has 3 heteroatoms. The summed E-state index contributed by atoms with van der Waals surface area (Å²) in [5.74, 6) is 0.847. The Hall–Kier alpha value is -0.120. The molecule has 2 aliphatic rings. The van der Waals surface area contributed by atoms with Gasteiger partial charge in [-0.1, -0.05) is 6.92 Å². The van der Waals surface area contributed by atoms with Crippen molar-refractivity contribution >= 4 is 0 Å². The topological polar surface area (TPSA) is 24.5 Å². The normalized spacial score (nSPS) is 37.2. The van der Waals surface area contributed by atoms with Crippen LogP contribution in [0, 0.1) is 5.92 Å². The molecule has 2 atom stereocenters. The third-order valence-electron chi connectivity index (χ3n) is 4.67. The molecule has 0 radical (unpaired) electrons. The van der Waals surface area contributed by atoms with E-state index in [-0.39, 0.29) is 0 Å². The standard InChI is InChI=1S/C14H28N2O/c1-4-14(3)11-15-12(2)9-16(14)10-13-5-7-17-8-6-13/h12-13,15H,4-11H2,1-3H3. The van der Waals surface area contributed by atoms with Crippen LogP contribution in [0.25, 0.3) is 0 Å². The maximum absolute atomic E-state index is 5.46. The third-order valence-corrected chi connectivity index (χ3v) is 4.67. The van der Waals surface area contributed by atoms with Crippen molar-refractivity contribution in [2.24, 2.45) is 5.92 Å². The number of ether oxygens (including phenoxy) is 1. The second-order valence-corrected chi connectivity index (χ2v) is 6.09. The van der Waals surface area contributed by atoms with E-state index in [0.29, 0.717) is 11.6 Å². The smallest absolute Gasteiger partial charge is 0.0469 e. The van der Waals surface area contributed by atoms with Gasteiger partial charge in [0, 0.05) is 44.4 Å². The second kappa shape index (κ2) is 5.68. The minimum Gasteiger partial charge on any atom is -0.381 e. The molecule has 2 rings (SSSR count). The van der Waals surface area contributed by atoms with Crippen LogP contribution < -0.4 is 5.32 Å². The average molecular weight is 240 g/mol. The van der Waals surface area contributed by atoms with Gasteiger partial charge in [-0.15, -0.1) is 0 Å². The number of nitrogens with one attached hydrogen (secondary N) is 1. The van der Waals surface area contributed by atoms with E-state index in [1.807, 2.05) is 0 Å². The van der Waals surface area contributed by atoms with Crippen molar-refractivity contribution in [1.82, 2.24) is 10.2 Å². The van der Waals surface area contributed by atoms with E-state index in [2.05, 4.69) is 31.0 Å². The van der Waals surface area contributed by atoms with Gasteiger partial charge < -0.3 is 10.1 Å². The van der Waals surface area contributed by atoms with Crippen molar-refractivity contribution in [2.45, 2.75) is 51.6 Å². The van der Waals surface area contributed by atoms with E-state index in [1.54, 1.807) is 0 Å². The van der Waals surface area contributed by atoms with Gasteiger partial charge in [0.1, 0.15) is 0 Å². The molecule has 2 saturated heterocycles. The van der Waals surface area contributed by atoms with Crippen LogP contribution in [0.5, 0.6) is 0 Å². The molecule has 0 bridgehead atoms. The SMILES string of the molecule is CCC1(C)CNC(C)CN1CC1CCOCC1. The molecule has 0 aliphatic carbocycles. The van der Waals surface area contributed by atoms with E-state index in [0.717, 1.165) is 25.7 Å². The third kappa shape index (κ3) is 3.21. The largest absolute Gasteiger partial charge is 0.381 e. The summed E-state index contributed by atoms with van der Waals surface area (Å²) in [5.41, 5.74) is 0.352. The van der Waals surface area contributed by atoms with Crippen LogP contribution in [0.2, 0.25) is 0 Å². The average Bonchev–Trinajstić information content (AvgIpc) is 2.35. The summed E-state index contributed by atoms with van der Waals surface area (Å²) in [4.78, 5) is 2.73. The van der Waals surface area contributed by atoms with Crippen LogP contribution in [0.3, 0.4) is 0 Å². The number of piperazine rings is 1.